The predicted molar refractivity (Wildman–Crippen MR) is 169 cm³/mol. The number of fused-ring (bicyclic) bond motifs is 3. The molecule has 0 unspecified atom stereocenters. The fourth-order valence-corrected chi connectivity index (χ4v) is 6.02. The summed E-state index contributed by atoms with van der Waals surface area (Å²) >= 11 is 0. The zero-order chi connectivity index (χ0) is 31.2. The van der Waals surface area contributed by atoms with E-state index in [0.29, 0.717) is 41.6 Å². The topological polar surface area (TPSA) is 133 Å². The van der Waals surface area contributed by atoms with Crippen molar-refractivity contribution in [3.05, 3.63) is 87.7 Å². The van der Waals surface area contributed by atoms with E-state index in [2.05, 4.69) is 20.6 Å². The van der Waals surface area contributed by atoms with Crippen molar-refractivity contribution in [1.29, 1.82) is 0 Å². The Kier molecular flexibility index (Phi) is 7.24. The van der Waals surface area contributed by atoms with E-state index in [4.69, 9.17) is 19.6 Å². The van der Waals surface area contributed by atoms with E-state index in [1.54, 1.807) is 47.9 Å². The standard InChI is InChI=1S/C32H35N9O4/c1-19-16-27(36-38(19)2)40-14-5-6-24(32(40)43)34-29-22-13-15-39(18-20-7-9-21(44-3)10-8-20)28(22)30-33-17-25(41(30)37-29)31(42)35-23-11-12-26(23)45-4/h5-10,14,16-17,23,26H,11-13,15,18H2,1-4H3,(H,34,37)(H,35,42)/t23-,26-/m1/s1. The van der Waals surface area contributed by atoms with Gasteiger partial charge in [-0.05, 0) is 56.0 Å². The molecule has 1 aliphatic carbocycles. The highest BCUT2D eigenvalue weighted by molar-refractivity contribution is 5.95. The Morgan fingerprint density at radius 2 is 1.93 bits per heavy atom. The van der Waals surface area contributed by atoms with Crippen LogP contribution in [0.5, 0.6) is 5.75 Å². The third kappa shape index (κ3) is 5.08. The van der Waals surface area contributed by atoms with Crippen molar-refractivity contribution in [2.45, 2.75) is 44.9 Å². The average molecular weight is 610 g/mol. The van der Waals surface area contributed by atoms with Gasteiger partial charge >= 0.3 is 0 Å². The number of rotatable bonds is 9. The van der Waals surface area contributed by atoms with E-state index >= 15 is 0 Å². The summed E-state index contributed by atoms with van der Waals surface area (Å²) in [7, 11) is 5.14. The van der Waals surface area contributed by atoms with Crippen molar-refractivity contribution in [2.75, 3.05) is 31.0 Å². The van der Waals surface area contributed by atoms with E-state index in [-0.39, 0.29) is 23.6 Å². The van der Waals surface area contributed by atoms with Gasteiger partial charge in [0.2, 0.25) is 0 Å². The smallest absolute Gasteiger partial charge is 0.280 e. The van der Waals surface area contributed by atoms with Crippen LogP contribution in [0.3, 0.4) is 0 Å². The molecule has 1 aliphatic heterocycles. The van der Waals surface area contributed by atoms with Crippen LogP contribution in [-0.4, -0.2) is 67.8 Å². The molecule has 0 bridgehead atoms. The lowest BCUT2D eigenvalue weighted by molar-refractivity contribution is 0.00718. The van der Waals surface area contributed by atoms with Crippen molar-refractivity contribution >= 4 is 28.7 Å². The quantitative estimate of drug-likeness (QED) is 0.259. The maximum Gasteiger partial charge on any atom is 0.280 e. The van der Waals surface area contributed by atoms with Crippen molar-refractivity contribution in [2.24, 2.45) is 7.05 Å². The van der Waals surface area contributed by atoms with Gasteiger partial charge in [0.25, 0.3) is 11.5 Å². The number of nitrogens with one attached hydrogen (secondary N) is 2. The van der Waals surface area contributed by atoms with E-state index in [0.717, 1.165) is 47.6 Å². The van der Waals surface area contributed by atoms with Gasteiger partial charge < -0.3 is 25.0 Å². The second kappa shape index (κ2) is 11.4. The van der Waals surface area contributed by atoms with Crippen LogP contribution in [0.25, 0.3) is 11.5 Å². The summed E-state index contributed by atoms with van der Waals surface area (Å²) in [4.78, 5) is 34.1. The van der Waals surface area contributed by atoms with Gasteiger partial charge in [-0.2, -0.15) is 5.10 Å². The number of nitrogens with zero attached hydrogens (tertiary/aromatic N) is 7. The molecule has 1 fully saturated rings. The molecule has 0 saturated heterocycles. The normalized spacial score (nSPS) is 17.3. The van der Waals surface area contributed by atoms with Crippen LogP contribution in [-0.2, 0) is 24.8 Å². The summed E-state index contributed by atoms with van der Waals surface area (Å²) in [6.07, 6.45) is 5.68. The molecule has 1 amide bonds. The minimum atomic E-state index is -0.278. The van der Waals surface area contributed by atoms with Crippen molar-refractivity contribution in [1.82, 2.24) is 34.3 Å². The molecular formula is C32H35N9O4. The van der Waals surface area contributed by atoms with Crippen LogP contribution < -0.4 is 25.8 Å². The number of benzene rings is 1. The second-order valence-electron chi connectivity index (χ2n) is 11.5. The molecule has 1 aromatic carbocycles. The summed E-state index contributed by atoms with van der Waals surface area (Å²) in [6.45, 7) is 3.28. The molecule has 1 saturated carbocycles. The van der Waals surface area contributed by atoms with Gasteiger partial charge in [-0.1, -0.05) is 12.1 Å². The number of imidazole rings is 1. The number of ether oxygens (including phenoxy) is 2. The number of aryl methyl sites for hydroxylation is 2. The highest BCUT2D eigenvalue weighted by atomic mass is 16.5. The first-order chi connectivity index (χ1) is 21.8. The Balaban J connectivity index is 1.30. The first-order valence-electron chi connectivity index (χ1n) is 15.0. The number of pyridine rings is 1. The Bertz CT molecular complexity index is 1940. The summed E-state index contributed by atoms with van der Waals surface area (Å²) in [5.41, 5.74) is 4.80. The average Bonchev–Trinajstić information content (AvgIpc) is 3.74. The van der Waals surface area contributed by atoms with E-state index < -0.39 is 0 Å². The molecule has 0 spiro atoms. The first kappa shape index (κ1) is 28.6. The minimum Gasteiger partial charge on any atom is -0.497 e. The minimum absolute atomic E-state index is 0.00861. The number of carbonyl (C=O) groups is 1. The zero-order valence-electron chi connectivity index (χ0n) is 25.6. The lowest BCUT2D eigenvalue weighted by atomic mass is 9.89. The largest absolute Gasteiger partial charge is 0.497 e. The number of amides is 1. The Morgan fingerprint density at radius 1 is 1.11 bits per heavy atom. The highest BCUT2D eigenvalue weighted by Crippen LogP contribution is 2.38. The molecule has 232 valence electrons. The summed E-state index contributed by atoms with van der Waals surface area (Å²) in [5.74, 6) is 1.54. The molecule has 45 heavy (non-hydrogen) atoms. The monoisotopic (exact) mass is 609 g/mol. The fraction of sp³-hybridized carbons (Fsp3) is 0.344. The molecule has 7 rings (SSSR count). The van der Waals surface area contributed by atoms with Gasteiger partial charge in [-0.15, -0.1) is 5.10 Å². The maximum absolute atomic E-state index is 13.7. The molecule has 5 aromatic rings. The third-order valence-corrected chi connectivity index (χ3v) is 8.81. The van der Waals surface area contributed by atoms with E-state index in [1.807, 2.05) is 44.3 Å². The van der Waals surface area contributed by atoms with Crippen LogP contribution in [0.2, 0.25) is 0 Å². The van der Waals surface area contributed by atoms with Gasteiger partial charge in [-0.3, -0.25) is 18.8 Å². The number of methoxy groups -OCH3 is 2. The fourth-order valence-electron chi connectivity index (χ4n) is 6.02. The van der Waals surface area contributed by atoms with Crippen LogP contribution in [0, 0.1) is 6.92 Å². The molecule has 2 atom stereocenters. The number of hydrogen-bond acceptors (Lipinski definition) is 9. The number of carbonyl (C=O) groups excluding carboxylic acids is 1. The molecule has 13 heteroatoms. The molecule has 13 nitrogen and oxygen atoms in total. The lowest BCUT2D eigenvalue weighted by Crippen LogP contribution is -2.51. The van der Waals surface area contributed by atoms with Crippen molar-refractivity contribution in [3.63, 3.8) is 0 Å². The molecular weight excluding hydrogens is 574 g/mol. The molecule has 2 aliphatic rings. The van der Waals surface area contributed by atoms with Crippen molar-refractivity contribution < 1.29 is 14.3 Å². The first-order valence-corrected chi connectivity index (χ1v) is 15.0. The molecule has 2 N–H and O–H groups in total. The third-order valence-electron chi connectivity index (χ3n) is 8.81. The predicted octanol–water partition coefficient (Wildman–Crippen LogP) is 3.14. The van der Waals surface area contributed by atoms with Crippen molar-refractivity contribution in [3.8, 4) is 11.6 Å². The summed E-state index contributed by atoms with van der Waals surface area (Å²) in [5, 5.41) is 15.7. The highest BCUT2D eigenvalue weighted by Gasteiger charge is 2.34. The molecule has 0 radical (unpaired) electrons. The van der Waals surface area contributed by atoms with Gasteiger partial charge in [0, 0.05) is 50.8 Å². The Labute approximate surface area is 259 Å². The lowest BCUT2D eigenvalue weighted by Gasteiger charge is -2.35. The van der Waals surface area contributed by atoms with E-state index in [1.165, 1.54) is 4.57 Å². The molecule has 5 heterocycles. The SMILES string of the molecule is COc1ccc(CN2CCc3c(Nc4cccn(-c5cc(C)n(C)n5)c4=O)nn4c(C(=O)N[C@@H]5CC[C@H]5OC)cnc4c32)cc1. The van der Waals surface area contributed by atoms with Gasteiger partial charge in [0.15, 0.2) is 23.0 Å². The van der Waals surface area contributed by atoms with Crippen LogP contribution in [0.4, 0.5) is 17.2 Å². The van der Waals surface area contributed by atoms with Crippen LogP contribution in [0.1, 0.15) is 40.2 Å². The number of hydrogen-bond donors (Lipinski definition) is 2. The van der Waals surface area contributed by atoms with Gasteiger partial charge in [0.1, 0.15) is 11.4 Å². The van der Waals surface area contributed by atoms with E-state index in [9.17, 15) is 9.59 Å². The summed E-state index contributed by atoms with van der Waals surface area (Å²) in [6, 6.07) is 13.3. The Hall–Kier alpha value is -5.17. The molecule has 4 aromatic heterocycles. The second-order valence-corrected chi connectivity index (χ2v) is 11.5. The summed E-state index contributed by atoms with van der Waals surface area (Å²) < 4.78 is 15.6. The van der Waals surface area contributed by atoms with Crippen LogP contribution in [0.15, 0.2) is 59.7 Å². The number of aromatic nitrogens is 6. The van der Waals surface area contributed by atoms with Gasteiger partial charge in [0.05, 0.1) is 31.1 Å². The van der Waals surface area contributed by atoms with Gasteiger partial charge in [-0.25, -0.2) is 9.50 Å². The number of anilines is 3. The van der Waals surface area contributed by atoms with Crippen LogP contribution >= 0.6 is 0 Å². The zero-order valence-corrected chi connectivity index (χ0v) is 25.6. The Morgan fingerprint density at radius 3 is 2.62 bits per heavy atom. The maximum atomic E-state index is 13.7.